The zero-order chi connectivity index (χ0) is 13.1. The van der Waals surface area contributed by atoms with Gasteiger partial charge in [0.1, 0.15) is 10.8 Å². The minimum absolute atomic E-state index is 0.126. The number of halogens is 1. The normalized spacial score (nSPS) is 17.9. The molecule has 0 aliphatic carbocycles. The molecule has 1 heterocycles. The lowest BCUT2D eigenvalue weighted by Gasteiger charge is -2.30. The largest absolute Gasteiger partial charge is 0.389 e. The lowest BCUT2D eigenvalue weighted by atomic mass is 9.98. The number of benzene rings is 1. The van der Waals surface area contributed by atoms with Gasteiger partial charge in [-0.1, -0.05) is 31.3 Å². The van der Waals surface area contributed by atoms with E-state index < -0.39 is 0 Å². The van der Waals surface area contributed by atoms with Crippen molar-refractivity contribution in [3.05, 3.63) is 35.1 Å². The highest BCUT2D eigenvalue weighted by Gasteiger charge is 2.18. The second kappa shape index (κ2) is 5.76. The SMILES string of the molecule is CC1CCN(Cc2cccc(C(N)=S)c2F)CC1. The second-order valence-corrected chi connectivity index (χ2v) is 5.54. The van der Waals surface area contributed by atoms with Gasteiger partial charge >= 0.3 is 0 Å². The van der Waals surface area contributed by atoms with Gasteiger partial charge in [0.2, 0.25) is 0 Å². The highest BCUT2D eigenvalue weighted by molar-refractivity contribution is 7.80. The van der Waals surface area contributed by atoms with Crippen molar-refractivity contribution in [2.24, 2.45) is 11.7 Å². The third kappa shape index (κ3) is 3.06. The highest BCUT2D eigenvalue weighted by Crippen LogP contribution is 2.20. The number of hydrogen-bond donors (Lipinski definition) is 1. The summed E-state index contributed by atoms with van der Waals surface area (Å²) in [6.45, 7) is 5.00. The molecule has 0 atom stereocenters. The predicted molar refractivity (Wildman–Crippen MR) is 76.0 cm³/mol. The molecule has 1 fully saturated rings. The first-order chi connectivity index (χ1) is 8.58. The molecule has 2 nitrogen and oxygen atoms in total. The summed E-state index contributed by atoms with van der Waals surface area (Å²) < 4.78 is 14.2. The van der Waals surface area contributed by atoms with E-state index in [4.69, 9.17) is 18.0 Å². The Morgan fingerprint density at radius 1 is 1.44 bits per heavy atom. The summed E-state index contributed by atoms with van der Waals surface area (Å²) in [7, 11) is 0. The fourth-order valence-corrected chi connectivity index (χ4v) is 2.51. The van der Waals surface area contributed by atoms with E-state index in [9.17, 15) is 4.39 Å². The van der Waals surface area contributed by atoms with E-state index in [-0.39, 0.29) is 10.8 Å². The average molecular weight is 266 g/mol. The number of hydrogen-bond acceptors (Lipinski definition) is 2. The zero-order valence-corrected chi connectivity index (χ0v) is 11.5. The Kier molecular flexibility index (Phi) is 4.30. The molecular weight excluding hydrogens is 247 g/mol. The molecule has 1 saturated heterocycles. The molecule has 98 valence electrons. The molecule has 0 amide bonds. The molecule has 1 aromatic rings. The average Bonchev–Trinajstić information content (AvgIpc) is 2.34. The van der Waals surface area contributed by atoms with Crippen molar-refractivity contribution in [1.82, 2.24) is 4.90 Å². The molecular formula is C14H19FN2S. The van der Waals surface area contributed by atoms with E-state index in [0.717, 1.165) is 19.0 Å². The van der Waals surface area contributed by atoms with Crippen molar-refractivity contribution in [3.63, 3.8) is 0 Å². The molecule has 1 aliphatic heterocycles. The van der Waals surface area contributed by atoms with Crippen LogP contribution in [0.5, 0.6) is 0 Å². The molecule has 4 heteroatoms. The number of piperidine rings is 1. The Morgan fingerprint density at radius 2 is 2.11 bits per heavy atom. The van der Waals surface area contributed by atoms with Gasteiger partial charge in [-0.05, 0) is 37.9 Å². The van der Waals surface area contributed by atoms with Crippen LogP contribution in [-0.4, -0.2) is 23.0 Å². The third-order valence-corrected chi connectivity index (χ3v) is 3.83. The van der Waals surface area contributed by atoms with Crippen LogP contribution in [0.3, 0.4) is 0 Å². The van der Waals surface area contributed by atoms with Crippen LogP contribution in [0.1, 0.15) is 30.9 Å². The van der Waals surface area contributed by atoms with E-state index in [0.29, 0.717) is 17.7 Å². The minimum Gasteiger partial charge on any atom is -0.389 e. The Hall–Kier alpha value is -1.00. The molecule has 1 aliphatic rings. The molecule has 0 spiro atoms. The minimum atomic E-state index is -0.261. The van der Waals surface area contributed by atoms with Gasteiger partial charge in [0.15, 0.2) is 0 Å². The van der Waals surface area contributed by atoms with E-state index in [2.05, 4.69) is 11.8 Å². The quantitative estimate of drug-likeness (QED) is 0.853. The maximum atomic E-state index is 14.2. The summed E-state index contributed by atoms with van der Waals surface area (Å²) in [5.74, 6) is 0.526. The number of nitrogens with zero attached hydrogens (tertiary/aromatic N) is 1. The summed E-state index contributed by atoms with van der Waals surface area (Å²) >= 11 is 4.85. The number of thiocarbonyl (C=S) groups is 1. The van der Waals surface area contributed by atoms with Crippen LogP contribution in [0.2, 0.25) is 0 Å². The fraction of sp³-hybridized carbons (Fsp3) is 0.500. The standard InChI is InChI=1S/C14H19FN2S/c1-10-5-7-17(8-6-10)9-11-3-2-4-12(13(11)15)14(16)18/h2-4,10H,5-9H2,1H3,(H2,16,18). The third-order valence-electron chi connectivity index (χ3n) is 3.61. The molecule has 1 aromatic carbocycles. The second-order valence-electron chi connectivity index (χ2n) is 5.10. The lowest BCUT2D eigenvalue weighted by molar-refractivity contribution is 0.183. The Balaban J connectivity index is 2.10. The van der Waals surface area contributed by atoms with Crippen molar-refractivity contribution in [2.45, 2.75) is 26.3 Å². The van der Waals surface area contributed by atoms with Crippen molar-refractivity contribution in [3.8, 4) is 0 Å². The summed E-state index contributed by atoms with van der Waals surface area (Å²) in [6.07, 6.45) is 2.38. The summed E-state index contributed by atoms with van der Waals surface area (Å²) in [5, 5.41) is 0. The summed E-state index contributed by atoms with van der Waals surface area (Å²) in [5.41, 5.74) is 6.56. The maximum absolute atomic E-state index is 14.2. The van der Waals surface area contributed by atoms with Gasteiger partial charge in [0, 0.05) is 17.7 Å². The maximum Gasteiger partial charge on any atom is 0.137 e. The van der Waals surface area contributed by atoms with Gasteiger partial charge in [0.05, 0.1) is 0 Å². The van der Waals surface area contributed by atoms with Crippen molar-refractivity contribution >= 4 is 17.2 Å². The molecule has 0 radical (unpaired) electrons. The van der Waals surface area contributed by atoms with Gasteiger partial charge in [0.25, 0.3) is 0 Å². The van der Waals surface area contributed by atoms with Gasteiger partial charge in [-0.15, -0.1) is 0 Å². The monoisotopic (exact) mass is 266 g/mol. The van der Waals surface area contributed by atoms with Crippen LogP contribution >= 0.6 is 12.2 Å². The number of rotatable bonds is 3. The Morgan fingerprint density at radius 3 is 2.72 bits per heavy atom. The first-order valence-corrected chi connectivity index (χ1v) is 6.78. The Labute approximate surface area is 113 Å². The molecule has 0 unspecified atom stereocenters. The first kappa shape index (κ1) is 13.4. The summed E-state index contributed by atoms with van der Waals surface area (Å²) in [4.78, 5) is 2.42. The van der Waals surface area contributed by atoms with E-state index >= 15 is 0 Å². The highest BCUT2D eigenvalue weighted by atomic mass is 32.1. The molecule has 2 N–H and O–H groups in total. The van der Waals surface area contributed by atoms with Crippen LogP contribution in [0.25, 0.3) is 0 Å². The van der Waals surface area contributed by atoms with Crippen LogP contribution in [0.15, 0.2) is 18.2 Å². The Bertz CT molecular complexity index is 439. The molecule has 18 heavy (non-hydrogen) atoms. The topological polar surface area (TPSA) is 29.3 Å². The van der Waals surface area contributed by atoms with E-state index in [1.807, 2.05) is 12.1 Å². The molecule has 0 aromatic heterocycles. The fourth-order valence-electron chi connectivity index (χ4n) is 2.35. The van der Waals surface area contributed by atoms with Gasteiger partial charge in [-0.3, -0.25) is 4.90 Å². The zero-order valence-electron chi connectivity index (χ0n) is 10.7. The van der Waals surface area contributed by atoms with Crippen LogP contribution < -0.4 is 5.73 Å². The van der Waals surface area contributed by atoms with Gasteiger partial charge in [-0.25, -0.2) is 4.39 Å². The molecule has 0 bridgehead atoms. The van der Waals surface area contributed by atoms with Crippen molar-refractivity contribution in [1.29, 1.82) is 0 Å². The number of nitrogens with two attached hydrogens (primary N) is 1. The summed E-state index contributed by atoms with van der Waals surface area (Å²) in [6, 6.07) is 5.27. The van der Waals surface area contributed by atoms with Gasteiger partial charge in [-0.2, -0.15) is 0 Å². The van der Waals surface area contributed by atoms with Crippen LogP contribution in [0.4, 0.5) is 4.39 Å². The van der Waals surface area contributed by atoms with E-state index in [1.165, 1.54) is 12.8 Å². The number of likely N-dealkylation sites (tertiary alicyclic amines) is 1. The van der Waals surface area contributed by atoms with Gasteiger partial charge < -0.3 is 5.73 Å². The van der Waals surface area contributed by atoms with Crippen LogP contribution in [0, 0.1) is 11.7 Å². The first-order valence-electron chi connectivity index (χ1n) is 6.37. The van der Waals surface area contributed by atoms with Crippen LogP contribution in [-0.2, 0) is 6.54 Å². The smallest absolute Gasteiger partial charge is 0.137 e. The van der Waals surface area contributed by atoms with E-state index in [1.54, 1.807) is 6.07 Å². The lowest BCUT2D eigenvalue weighted by Crippen LogP contribution is -2.32. The molecule has 2 rings (SSSR count). The van der Waals surface area contributed by atoms with Crippen molar-refractivity contribution in [2.75, 3.05) is 13.1 Å². The van der Waals surface area contributed by atoms with Crippen molar-refractivity contribution < 1.29 is 4.39 Å². The predicted octanol–water partition coefficient (Wildman–Crippen LogP) is 2.69. The molecule has 0 saturated carbocycles.